The van der Waals surface area contributed by atoms with Gasteiger partial charge in [-0.15, -0.1) is 0 Å². The summed E-state index contributed by atoms with van der Waals surface area (Å²) >= 11 is 9.10. The normalized spacial score (nSPS) is 10.1. The van der Waals surface area contributed by atoms with E-state index >= 15 is 0 Å². The van der Waals surface area contributed by atoms with Crippen molar-refractivity contribution < 1.29 is 23.9 Å². The average molecular weight is 497 g/mol. The van der Waals surface area contributed by atoms with Crippen molar-refractivity contribution >= 4 is 56.9 Å². The molecule has 0 aromatic heterocycles. The number of carbonyl (C=O) groups is 4. The van der Waals surface area contributed by atoms with Crippen LogP contribution in [0.3, 0.4) is 0 Å². The van der Waals surface area contributed by atoms with E-state index in [1.54, 1.807) is 48.5 Å². The van der Waals surface area contributed by atoms with E-state index in [4.69, 9.17) is 16.3 Å². The molecule has 3 N–H and O–H groups in total. The number of anilines is 1. The fourth-order valence-electron chi connectivity index (χ4n) is 2.24. The van der Waals surface area contributed by atoms with Crippen LogP contribution in [0.1, 0.15) is 29.6 Å². The zero-order valence-electron chi connectivity index (χ0n) is 15.7. The molecule has 0 saturated carbocycles. The van der Waals surface area contributed by atoms with Gasteiger partial charge in [-0.25, -0.2) is 0 Å². The summed E-state index contributed by atoms with van der Waals surface area (Å²) in [6.45, 7) is -0.547. The first-order chi connectivity index (χ1) is 14.3. The van der Waals surface area contributed by atoms with Gasteiger partial charge in [-0.2, -0.15) is 0 Å². The summed E-state index contributed by atoms with van der Waals surface area (Å²) in [5.74, 6) is -2.08. The summed E-state index contributed by atoms with van der Waals surface area (Å²) in [5.41, 5.74) is 5.29. The van der Waals surface area contributed by atoms with Crippen LogP contribution in [0.5, 0.6) is 0 Å². The Labute approximate surface area is 186 Å². The zero-order valence-corrected chi connectivity index (χ0v) is 18.1. The Balaban J connectivity index is 1.59. The third kappa shape index (κ3) is 8.62. The van der Waals surface area contributed by atoms with E-state index in [-0.39, 0.29) is 25.2 Å². The van der Waals surface area contributed by atoms with Crippen LogP contribution in [-0.4, -0.2) is 30.3 Å². The van der Waals surface area contributed by atoms with E-state index in [0.29, 0.717) is 16.3 Å². The van der Waals surface area contributed by atoms with Gasteiger partial charge >= 0.3 is 5.97 Å². The second-order valence-electron chi connectivity index (χ2n) is 6.08. The van der Waals surface area contributed by atoms with Crippen molar-refractivity contribution in [3.63, 3.8) is 0 Å². The minimum absolute atomic E-state index is 0.0263. The number of carbonyl (C=O) groups excluding carboxylic acids is 4. The molecule has 2 aromatic carbocycles. The Kier molecular flexibility index (Phi) is 9.30. The van der Waals surface area contributed by atoms with E-state index in [1.807, 2.05) is 0 Å². The van der Waals surface area contributed by atoms with Crippen LogP contribution in [0, 0.1) is 0 Å². The lowest BCUT2D eigenvalue weighted by Gasteiger charge is -2.08. The van der Waals surface area contributed by atoms with Crippen LogP contribution in [-0.2, 0) is 19.1 Å². The van der Waals surface area contributed by atoms with Crippen LogP contribution < -0.4 is 16.2 Å². The number of amides is 3. The van der Waals surface area contributed by atoms with E-state index in [2.05, 4.69) is 32.1 Å². The highest BCUT2D eigenvalue weighted by Crippen LogP contribution is 2.15. The summed E-state index contributed by atoms with van der Waals surface area (Å²) in [5, 5.41) is 3.17. The molecule has 2 aromatic rings. The Bertz CT molecular complexity index is 921. The Hall–Kier alpha value is -2.91. The van der Waals surface area contributed by atoms with E-state index in [0.717, 1.165) is 4.47 Å². The van der Waals surface area contributed by atoms with Crippen molar-refractivity contribution in [2.45, 2.75) is 19.3 Å². The highest BCUT2D eigenvalue weighted by molar-refractivity contribution is 9.10. The van der Waals surface area contributed by atoms with Crippen molar-refractivity contribution in [3.8, 4) is 0 Å². The standard InChI is InChI=1S/C20H19BrClN3O5/c21-14-9-7-13(8-10-14)20(29)25-24-18(27)12-30-19(28)6-2-5-17(26)23-16-4-1-3-15(22)11-16/h1,3-4,7-11H,2,5-6,12H2,(H,23,26)(H,24,27)(H,25,29). The molecule has 3 amide bonds. The first-order valence-electron chi connectivity index (χ1n) is 8.89. The summed E-state index contributed by atoms with van der Waals surface area (Å²) in [4.78, 5) is 47.0. The highest BCUT2D eigenvalue weighted by atomic mass is 79.9. The summed E-state index contributed by atoms with van der Waals surface area (Å²) in [7, 11) is 0. The van der Waals surface area contributed by atoms with Gasteiger partial charge in [0.2, 0.25) is 5.91 Å². The van der Waals surface area contributed by atoms with Crippen molar-refractivity contribution in [2.24, 2.45) is 0 Å². The predicted octanol–water partition coefficient (Wildman–Crippen LogP) is 3.22. The Morgan fingerprint density at radius 3 is 2.37 bits per heavy atom. The van der Waals surface area contributed by atoms with Gasteiger partial charge in [0.05, 0.1) is 0 Å². The van der Waals surface area contributed by atoms with E-state index in [9.17, 15) is 19.2 Å². The third-order valence-corrected chi connectivity index (χ3v) is 4.44. The topological polar surface area (TPSA) is 114 Å². The number of benzene rings is 2. The second-order valence-corrected chi connectivity index (χ2v) is 7.43. The molecule has 158 valence electrons. The Morgan fingerprint density at radius 1 is 0.933 bits per heavy atom. The summed E-state index contributed by atoms with van der Waals surface area (Å²) in [6.07, 6.45) is 0.339. The Morgan fingerprint density at radius 2 is 1.67 bits per heavy atom. The number of halogens is 2. The fraction of sp³-hybridized carbons (Fsp3) is 0.200. The quantitative estimate of drug-likeness (QED) is 0.384. The maximum atomic E-state index is 11.9. The molecule has 0 aliphatic rings. The molecule has 0 spiro atoms. The van der Waals surface area contributed by atoms with Gasteiger partial charge in [-0.05, 0) is 48.9 Å². The fourth-order valence-corrected chi connectivity index (χ4v) is 2.69. The molecule has 0 unspecified atom stereocenters. The van der Waals surface area contributed by atoms with Gasteiger partial charge in [-0.3, -0.25) is 30.0 Å². The molecular weight excluding hydrogens is 478 g/mol. The highest BCUT2D eigenvalue weighted by Gasteiger charge is 2.11. The van der Waals surface area contributed by atoms with Crippen molar-refractivity contribution in [1.82, 2.24) is 10.9 Å². The molecule has 8 nitrogen and oxygen atoms in total. The molecule has 30 heavy (non-hydrogen) atoms. The molecule has 0 aliphatic heterocycles. The zero-order chi connectivity index (χ0) is 21.9. The second kappa shape index (κ2) is 11.9. The number of hydrazine groups is 1. The third-order valence-electron chi connectivity index (χ3n) is 3.68. The smallest absolute Gasteiger partial charge is 0.306 e. The monoisotopic (exact) mass is 495 g/mol. The van der Waals surface area contributed by atoms with Crippen molar-refractivity contribution in [1.29, 1.82) is 0 Å². The molecular formula is C20H19BrClN3O5. The minimum Gasteiger partial charge on any atom is -0.455 e. The predicted molar refractivity (Wildman–Crippen MR) is 115 cm³/mol. The lowest BCUT2D eigenvalue weighted by atomic mass is 10.2. The van der Waals surface area contributed by atoms with E-state index in [1.165, 1.54) is 0 Å². The average Bonchev–Trinajstić information content (AvgIpc) is 2.71. The number of rotatable bonds is 8. The molecule has 0 radical (unpaired) electrons. The van der Waals surface area contributed by atoms with Crippen molar-refractivity contribution in [2.75, 3.05) is 11.9 Å². The molecule has 2 rings (SSSR count). The molecule has 0 saturated heterocycles. The first-order valence-corrected chi connectivity index (χ1v) is 10.1. The van der Waals surface area contributed by atoms with Crippen LogP contribution in [0.2, 0.25) is 5.02 Å². The number of ether oxygens (including phenoxy) is 1. The molecule has 0 aliphatic carbocycles. The minimum atomic E-state index is -0.687. The van der Waals surface area contributed by atoms with Crippen LogP contribution in [0.15, 0.2) is 53.0 Å². The number of hydrogen-bond acceptors (Lipinski definition) is 5. The number of hydrogen-bond donors (Lipinski definition) is 3. The van der Waals surface area contributed by atoms with Crippen LogP contribution in [0.25, 0.3) is 0 Å². The SMILES string of the molecule is O=C(COC(=O)CCCC(=O)Nc1cccc(Cl)c1)NNC(=O)c1ccc(Br)cc1. The maximum Gasteiger partial charge on any atom is 0.306 e. The number of esters is 1. The van der Waals surface area contributed by atoms with Crippen molar-refractivity contribution in [3.05, 3.63) is 63.6 Å². The molecule has 0 atom stereocenters. The molecule has 0 heterocycles. The molecule has 10 heteroatoms. The molecule has 0 bridgehead atoms. The van der Waals surface area contributed by atoms with Crippen LogP contribution in [0.4, 0.5) is 5.69 Å². The lowest BCUT2D eigenvalue weighted by Crippen LogP contribution is -2.43. The largest absolute Gasteiger partial charge is 0.455 e. The summed E-state index contributed by atoms with van der Waals surface area (Å²) < 4.78 is 5.63. The van der Waals surface area contributed by atoms with Gasteiger partial charge in [0.1, 0.15) is 0 Å². The van der Waals surface area contributed by atoms with Crippen LogP contribution >= 0.6 is 27.5 Å². The van der Waals surface area contributed by atoms with Gasteiger partial charge in [0, 0.05) is 33.6 Å². The summed E-state index contributed by atoms with van der Waals surface area (Å²) in [6, 6.07) is 13.2. The van der Waals surface area contributed by atoms with Gasteiger partial charge < -0.3 is 10.1 Å². The maximum absolute atomic E-state index is 11.9. The lowest BCUT2D eigenvalue weighted by molar-refractivity contribution is -0.148. The van der Waals surface area contributed by atoms with Gasteiger partial charge in [0.25, 0.3) is 11.8 Å². The van der Waals surface area contributed by atoms with E-state index < -0.39 is 24.4 Å². The van der Waals surface area contributed by atoms with Gasteiger partial charge in [0.15, 0.2) is 6.61 Å². The first kappa shape index (κ1) is 23.4. The molecule has 0 fully saturated rings. The number of nitrogens with one attached hydrogen (secondary N) is 3. The van der Waals surface area contributed by atoms with Gasteiger partial charge in [-0.1, -0.05) is 33.6 Å².